The van der Waals surface area contributed by atoms with Gasteiger partial charge in [0.25, 0.3) is 0 Å². The number of hydrogen-bond acceptors (Lipinski definition) is 3. The van der Waals surface area contributed by atoms with E-state index in [0.717, 1.165) is 17.0 Å². The molecule has 122 valence electrons. The Balaban J connectivity index is 1.96. The first kappa shape index (κ1) is 17.5. The molecule has 1 heterocycles. The lowest BCUT2D eigenvalue weighted by molar-refractivity contribution is -0.119. The van der Waals surface area contributed by atoms with E-state index in [9.17, 15) is 4.79 Å². The van der Waals surface area contributed by atoms with E-state index in [2.05, 4.69) is 55.3 Å². The zero-order valence-electron chi connectivity index (χ0n) is 14.0. The van der Waals surface area contributed by atoms with Crippen LogP contribution in [0.2, 0.25) is 0 Å². The van der Waals surface area contributed by atoms with Crippen molar-refractivity contribution >= 4 is 17.7 Å². The highest BCUT2D eigenvalue weighted by atomic mass is 32.2. The Hall–Kier alpha value is -1.81. The Kier molecular flexibility index (Phi) is 6.66. The van der Waals surface area contributed by atoms with Gasteiger partial charge < -0.3 is 5.32 Å². The van der Waals surface area contributed by atoms with Gasteiger partial charge in [0.1, 0.15) is 0 Å². The molecule has 0 aliphatic heterocycles. The molecule has 1 aromatic carbocycles. The molecule has 4 heteroatoms. The number of pyridine rings is 1. The molecular weight excluding hydrogens is 304 g/mol. The molecule has 0 saturated carbocycles. The maximum atomic E-state index is 12.3. The van der Waals surface area contributed by atoms with Crippen molar-refractivity contribution in [3.63, 3.8) is 0 Å². The highest BCUT2D eigenvalue weighted by Gasteiger charge is 2.18. The normalized spacial score (nSPS) is 12.2. The van der Waals surface area contributed by atoms with Crippen LogP contribution < -0.4 is 5.32 Å². The summed E-state index contributed by atoms with van der Waals surface area (Å²) in [4.78, 5) is 16.5. The van der Waals surface area contributed by atoms with Gasteiger partial charge in [-0.2, -0.15) is 0 Å². The molecule has 0 aliphatic carbocycles. The van der Waals surface area contributed by atoms with Gasteiger partial charge in [0.15, 0.2) is 0 Å². The van der Waals surface area contributed by atoms with Crippen LogP contribution >= 0.6 is 11.8 Å². The average Bonchev–Trinajstić information content (AvgIpc) is 2.58. The number of nitrogens with one attached hydrogen (secondary N) is 1. The van der Waals surface area contributed by atoms with Gasteiger partial charge in [0.05, 0.1) is 16.8 Å². The maximum absolute atomic E-state index is 12.3. The smallest absolute Gasteiger partial charge is 0.230 e. The van der Waals surface area contributed by atoms with Crippen molar-refractivity contribution in [3.05, 3.63) is 59.8 Å². The molecule has 0 radical (unpaired) electrons. The number of benzene rings is 1. The lowest BCUT2D eigenvalue weighted by Gasteiger charge is -2.23. The number of rotatable bonds is 7. The van der Waals surface area contributed by atoms with Crippen molar-refractivity contribution in [2.75, 3.05) is 5.75 Å². The van der Waals surface area contributed by atoms with E-state index in [1.165, 1.54) is 17.3 Å². The summed E-state index contributed by atoms with van der Waals surface area (Å²) in [6.07, 6.45) is 2.77. The van der Waals surface area contributed by atoms with E-state index in [-0.39, 0.29) is 11.9 Å². The molecule has 3 nitrogen and oxygen atoms in total. The van der Waals surface area contributed by atoms with E-state index < -0.39 is 0 Å². The Labute approximate surface area is 142 Å². The summed E-state index contributed by atoms with van der Waals surface area (Å²) in [5.74, 6) is 0.762. The van der Waals surface area contributed by atoms with Gasteiger partial charge in [0, 0.05) is 6.20 Å². The van der Waals surface area contributed by atoms with Crippen molar-refractivity contribution in [2.45, 2.75) is 38.3 Å². The number of carbonyl (C=O) groups excluding carboxylic acids is 1. The Bertz CT molecular complexity index is 611. The number of amides is 1. The van der Waals surface area contributed by atoms with E-state index >= 15 is 0 Å². The number of thioether (sulfide) groups is 1. The van der Waals surface area contributed by atoms with E-state index in [1.54, 1.807) is 6.20 Å². The third-order valence-electron chi connectivity index (χ3n) is 3.72. The zero-order chi connectivity index (χ0) is 16.7. The van der Waals surface area contributed by atoms with E-state index in [4.69, 9.17) is 0 Å². The Morgan fingerprint density at radius 1 is 1.17 bits per heavy atom. The van der Waals surface area contributed by atoms with Gasteiger partial charge in [-0.05, 0) is 35.6 Å². The minimum Gasteiger partial charge on any atom is -0.348 e. The number of carbonyl (C=O) groups is 1. The zero-order valence-corrected chi connectivity index (χ0v) is 14.8. The number of aromatic nitrogens is 1. The summed E-state index contributed by atoms with van der Waals surface area (Å²) in [6, 6.07) is 14.3. The second-order valence-electron chi connectivity index (χ2n) is 5.84. The van der Waals surface area contributed by atoms with Crippen LogP contribution in [0, 0.1) is 5.92 Å². The molecule has 2 aromatic rings. The van der Waals surface area contributed by atoms with Crippen molar-refractivity contribution in [1.82, 2.24) is 10.3 Å². The molecule has 0 aliphatic rings. The van der Waals surface area contributed by atoms with Gasteiger partial charge in [0.2, 0.25) is 5.91 Å². The minimum atomic E-state index is 0.0396. The summed E-state index contributed by atoms with van der Waals surface area (Å²) in [5.41, 5.74) is 2.47. The molecule has 0 unspecified atom stereocenters. The van der Waals surface area contributed by atoms with Crippen LogP contribution in [0.3, 0.4) is 0 Å². The molecule has 0 fully saturated rings. The van der Waals surface area contributed by atoms with Gasteiger partial charge in [-0.3, -0.25) is 4.79 Å². The first-order chi connectivity index (χ1) is 11.1. The van der Waals surface area contributed by atoms with Gasteiger partial charge in [-0.15, -0.1) is 0 Å². The maximum Gasteiger partial charge on any atom is 0.230 e. The second kappa shape index (κ2) is 8.73. The lowest BCUT2D eigenvalue weighted by atomic mass is 9.95. The SMILES string of the molecule is CCc1ccc([C@H](NC(=O)CSc2ccccn2)C(C)C)cc1. The standard InChI is InChI=1S/C19H24N2OS/c1-4-15-8-10-16(11-9-15)19(14(2)3)21-17(22)13-23-18-7-5-6-12-20-18/h5-12,14,19H,4,13H2,1-3H3,(H,21,22)/t19-/m1/s1. The molecule has 2 rings (SSSR count). The largest absolute Gasteiger partial charge is 0.348 e. The first-order valence-corrected chi connectivity index (χ1v) is 9.00. The molecule has 1 amide bonds. The number of aryl methyl sites for hydroxylation is 1. The Morgan fingerprint density at radius 2 is 1.91 bits per heavy atom. The van der Waals surface area contributed by atoms with Crippen LogP contribution in [0.5, 0.6) is 0 Å². The molecule has 0 bridgehead atoms. The predicted octanol–water partition coefficient (Wildman–Crippen LogP) is 4.25. The van der Waals surface area contributed by atoms with Gasteiger partial charge >= 0.3 is 0 Å². The molecular formula is C19H24N2OS. The molecule has 23 heavy (non-hydrogen) atoms. The third-order valence-corrected chi connectivity index (χ3v) is 4.66. The third kappa shape index (κ3) is 5.39. The highest BCUT2D eigenvalue weighted by molar-refractivity contribution is 7.99. The summed E-state index contributed by atoms with van der Waals surface area (Å²) in [7, 11) is 0. The lowest BCUT2D eigenvalue weighted by Crippen LogP contribution is -2.33. The van der Waals surface area contributed by atoms with Crippen molar-refractivity contribution < 1.29 is 4.79 Å². The average molecular weight is 328 g/mol. The van der Waals surface area contributed by atoms with Crippen LogP contribution in [0.15, 0.2) is 53.7 Å². The van der Waals surface area contributed by atoms with Crippen LogP contribution in [0.25, 0.3) is 0 Å². The van der Waals surface area contributed by atoms with Crippen LogP contribution in [0.1, 0.15) is 37.9 Å². The topological polar surface area (TPSA) is 42.0 Å². The van der Waals surface area contributed by atoms with Crippen LogP contribution in [0.4, 0.5) is 0 Å². The van der Waals surface area contributed by atoms with Gasteiger partial charge in [-0.1, -0.05) is 62.9 Å². The Morgan fingerprint density at radius 3 is 2.48 bits per heavy atom. The van der Waals surface area contributed by atoms with Gasteiger partial charge in [-0.25, -0.2) is 4.98 Å². The highest BCUT2D eigenvalue weighted by Crippen LogP contribution is 2.23. The monoisotopic (exact) mass is 328 g/mol. The van der Waals surface area contributed by atoms with Crippen molar-refractivity contribution in [2.24, 2.45) is 5.92 Å². The predicted molar refractivity (Wildman–Crippen MR) is 96.5 cm³/mol. The molecule has 0 spiro atoms. The number of hydrogen-bond donors (Lipinski definition) is 1. The summed E-state index contributed by atoms with van der Waals surface area (Å²) < 4.78 is 0. The van der Waals surface area contributed by atoms with Crippen LogP contribution in [-0.4, -0.2) is 16.6 Å². The second-order valence-corrected chi connectivity index (χ2v) is 6.84. The van der Waals surface area contributed by atoms with Crippen molar-refractivity contribution in [1.29, 1.82) is 0 Å². The minimum absolute atomic E-state index is 0.0396. The number of nitrogens with zero attached hydrogens (tertiary/aromatic N) is 1. The fourth-order valence-electron chi connectivity index (χ4n) is 2.38. The first-order valence-electron chi connectivity index (χ1n) is 8.02. The fourth-order valence-corrected chi connectivity index (χ4v) is 3.06. The molecule has 0 saturated heterocycles. The molecule has 1 aromatic heterocycles. The quantitative estimate of drug-likeness (QED) is 0.773. The van der Waals surface area contributed by atoms with E-state index in [0.29, 0.717) is 11.7 Å². The van der Waals surface area contributed by atoms with E-state index in [1.807, 2.05) is 18.2 Å². The molecule has 1 N–H and O–H groups in total. The fraction of sp³-hybridized carbons (Fsp3) is 0.368. The summed E-state index contributed by atoms with van der Waals surface area (Å²) >= 11 is 1.46. The van der Waals surface area contributed by atoms with Crippen LogP contribution in [-0.2, 0) is 11.2 Å². The molecule has 1 atom stereocenters. The summed E-state index contributed by atoms with van der Waals surface area (Å²) in [5, 5.41) is 4.02. The summed E-state index contributed by atoms with van der Waals surface area (Å²) in [6.45, 7) is 6.40. The van der Waals surface area contributed by atoms with Crippen molar-refractivity contribution in [3.8, 4) is 0 Å².